The number of nitrogens with zero attached hydrogens (tertiary/aromatic N) is 2. The largest absolute Gasteiger partial charge is 0.477 e. The van der Waals surface area contributed by atoms with Crippen LogP contribution in [-0.4, -0.2) is 34.0 Å². The lowest BCUT2D eigenvalue weighted by Gasteiger charge is -2.31. The topological polar surface area (TPSA) is 53.4 Å². The van der Waals surface area contributed by atoms with E-state index in [9.17, 15) is 4.79 Å². The molecule has 0 unspecified atom stereocenters. The Kier molecular flexibility index (Phi) is 4.31. The predicted octanol–water partition coefficient (Wildman–Crippen LogP) is 2.54. The number of aromatic carboxylic acids is 1. The summed E-state index contributed by atoms with van der Waals surface area (Å²) in [5.74, 6) is -0.961. The number of carboxylic acids is 1. The van der Waals surface area contributed by atoms with Gasteiger partial charge in [0.05, 0.1) is 0 Å². The lowest BCUT2D eigenvalue weighted by molar-refractivity contribution is 0.0690. The summed E-state index contributed by atoms with van der Waals surface area (Å²) in [5, 5.41) is 8.92. The van der Waals surface area contributed by atoms with Gasteiger partial charge in [-0.15, -0.1) is 0 Å². The number of rotatable bonds is 4. The Morgan fingerprint density at radius 2 is 2.17 bits per heavy atom. The number of carboxylic acid groups (broad SMARTS) is 1. The summed E-state index contributed by atoms with van der Waals surface area (Å²) in [6.07, 6.45) is 8.06. The maximum absolute atomic E-state index is 10.9. The molecule has 4 heteroatoms. The zero-order chi connectivity index (χ0) is 13.0. The van der Waals surface area contributed by atoms with Gasteiger partial charge in [0.15, 0.2) is 0 Å². The van der Waals surface area contributed by atoms with E-state index in [1.54, 1.807) is 12.3 Å². The number of pyridine rings is 1. The van der Waals surface area contributed by atoms with Crippen molar-refractivity contribution in [2.75, 3.05) is 7.05 Å². The van der Waals surface area contributed by atoms with Crippen molar-refractivity contribution in [2.24, 2.45) is 0 Å². The Morgan fingerprint density at radius 1 is 1.44 bits per heavy atom. The van der Waals surface area contributed by atoms with Crippen LogP contribution in [0.15, 0.2) is 18.3 Å². The molecule has 18 heavy (non-hydrogen) atoms. The highest BCUT2D eigenvalue weighted by atomic mass is 16.4. The van der Waals surface area contributed by atoms with Crippen LogP contribution in [0.25, 0.3) is 0 Å². The first-order valence-corrected chi connectivity index (χ1v) is 6.55. The lowest BCUT2D eigenvalue weighted by Crippen LogP contribution is -2.32. The zero-order valence-electron chi connectivity index (χ0n) is 10.8. The number of carbonyl (C=O) groups is 1. The van der Waals surface area contributed by atoms with Crippen LogP contribution in [0.1, 0.15) is 48.2 Å². The van der Waals surface area contributed by atoms with Gasteiger partial charge in [0.1, 0.15) is 5.69 Å². The Bertz CT molecular complexity index is 414. The van der Waals surface area contributed by atoms with Crippen molar-refractivity contribution in [1.82, 2.24) is 9.88 Å². The van der Waals surface area contributed by atoms with E-state index in [0.29, 0.717) is 6.04 Å². The molecule has 0 saturated heterocycles. The summed E-state index contributed by atoms with van der Waals surface area (Å²) in [6, 6.07) is 4.20. The molecule has 0 bridgehead atoms. The number of aromatic nitrogens is 1. The maximum Gasteiger partial charge on any atom is 0.354 e. The summed E-state index contributed by atoms with van der Waals surface area (Å²) in [7, 11) is 2.12. The average Bonchev–Trinajstić information content (AvgIpc) is 2.40. The Balaban J connectivity index is 1.99. The molecule has 1 aromatic heterocycles. The van der Waals surface area contributed by atoms with Crippen LogP contribution >= 0.6 is 0 Å². The highest BCUT2D eigenvalue weighted by Crippen LogP contribution is 2.22. The molecule has 98 valence electrons. The van der Waals surface area contributed by atoms with Gasteiger partial charge in [0, 0.05) is 18.8 Å². The summed E-state index contributed by atoms with van der Waals surface area (Å²) >= 11 is 0. The molecule has 1 aliphatic carbocycles. The predicted molar refractivity (Wildman–Crippen MR) is 69.5 cm³/mol. The van der Waals surface area contributed by atoms with Crippen molar-refractivity contribution >= 4 is 5.97 Å². The molecule has 0 aromatic carbocycles. The molecule has 0 spiro atoms. The zero-order valence-corrected chi connectivity index (χ0v) is 10.8. The van der Waals surface area contributed by atoms with Crippen molar-refractivity contribution < 1.29 is 9.90 Å². The van der Waals surface area contributed by atoms with E-state index in [1.165, 1.54) is 32.1 Å². The van der Waals surface area contributed by atoms with Crippen LogP contribution < -0.4 is 0 Å². The van der Waals surface area contributed by atoms with Crippen LogP contribution in [0.3, 0.4) is 0 Å². The first kappa shape index (κ1) is 13.0. The molecule has 1 saturated carbocycles. The van der Waals surface area contributed by atoms with Crippen molar-refractivity contribution in [3.63, 3.8) is 0 Å². The van der Waals surface area contributed by atoms with E-state index in [-0.39, 0.29) is 5.69 Å². The van der Waals surface area contributed by atoms with Gasteiger partial charge < -0.3 is 5.11 Å². The molecule has 0 amide bonds. The minimum atomic E-state index is -0.961. The van der Waals surface area contributed by atoms with Gasteiger partial charge in [0.2, 0.25) is 0 Å². The normalized spacial score (nSPS) is 17.0. The second-order valence-electron chi connectivity index (χ2n) is 5.06. The summed E-state index contributed by atoms with van der Waals surface area (Å²) in [4.78, 5) is 17.0. The van der Waals surface area contributed by atoms with E-state index < -0.39 is 5.97 Å². The van der Waals surface area contributed by atoms with Crippen LogP contribution in [0.5, 0.6) is 0 Å². The third-order valence-corrected chi connectivity index (χ3v) is 3.67. The second kappa shape index (κ2) is 5.96. The number of hydrogen-bond acceptors (Lipinski definition) is 3. The Labute approximate surface area is 108 Å². The van der Waals surface area contributed by atoms with E-state index in [4.69, 9.17) is 5.11 Å². The molecule has 1 N–H and O–H groups in total. The summed E-state index contributed by atoms with van der Waals surface area (Å²) in [6.45, 7) is 0.799. The quantitative estimate of drug-likeness (QED) is 0.889. The van der Waals surface area contributed by atoms with Crippen molar-refractivity contribution in [1.29, 1.82) is 0 Å². The molecular formula is C14H20N2O2. The first-order valence-electron chi connectivity index (χ1n) is 6.55. The van der Waals surface area contributed by atoms with Crippen molar-refractivity contribution in [2.45, 2.75) is 44.7 Å². The van der Waals surface area contributed by atoms with Gasteiger partial charge in [-0.2, -0.15) is 0 Å². The smallest absolute Gasteiger partial charge is 0.354 e. The average molecular weight is 248 g/mol. The van der Waals surface area contributed by atoms with Gasteiger partial charge in [-0.05, 0) is 37.6 Å². The van der Waals surface area contributed by atoms with Gasteiger partial charge in [-0.25, -0.2) is 9.78 Å². The van der Waals surface area contributed by atoms with Gasteiger partial charge in [-0.1, -0.05) is 19.3 Å². The summed E-state index contributed by atoms with van der Waals surface area (Å²) < 4.78 is 0. The molecule has 0 radical (unpaired) electrons. The molecule has 1 fully saturated rings. The van der Waals surface area contributed by atoms with Crippen LogP contribution in [0.2, 0.25) is 0 Å². The Hall–Kier alpha value is -1.42. The lowest BCUT2D eigenvalue weighted by atomic mass is 9.94. The van der Waals surface area contributed by atoms with E-state index >= 15 is 0 Å². The molecule has 0 atom stereocenters. The monoisotopic (exact) mass is 248 g/mol. The van der Waals surface area contributed by atoms with Crippen molar-refractivity contribution in [3.8, 4) is 0 Å². The van der Waals surface area contributed by atoms with Gasteiger partial charge in [-0.3, -0.25) is 4.90 Å². The molecular weight excluding hydrogens is 228 g/mol. The fourth-order valence-electron chi connectivity index (χ4n) is 2.63. The molecule has 1 heterocycles. The minimum Gasteiger partial charge on any atom is -0.477 e. The first-order chi connectivity index (χ1) is 8.66. The van der Waals surface area contributed by atoms with Crippen LogP contribution in [-0.2, 0) is 6.54 Å². The van der Waals surface area contributed by atoms with E-state index in [2.05, 4.69) is 16.9 Å². The molecule has 1 aliphatic rings. The fraction of sp³-hybridized carbons (Fsp3) is 0.571. The fourth-order valence-corrected chi connectivity index (χ4v) is 2.63. The van der Waals surface area contributed by atoms with Crippen LogP contribution in [0.4, 0.5) is 0 Å². The highest BCUT2D eigenvalue weighted by molar-refractivity contribution is 5.85. The standard InChI is InChI=1S/C14H20N2O2/c1-16(12-5-3-2-4-6-12)10-11-7-8-15-13(9-11)14(17)18/h7-9,12H,2-6,10H2,1H3,(H,17,18). The van der Waals surface area contributed by atoms with Gasteiger partial charge >= 0.3 is 5.97 Å². The molecule has 2 rings (SSSR count). The third kappa shape index (κ3) is 3.29. The van der Waals surface area contributed by atoms with Crippen molar-refractivity contribution in [3.05, 3.63) is 29.6 Å². The molecule has 4 nitrogen and oxygen atoms in total. The second-order valence-corrected chi connectivity index (χ2v) is 5.06. The minimum absolute atomic E-state index is 0.129. The SMILES string of the molecule is CN(Cc1ccnc(C(=O)O)c1)C1CCCCC1. The maximum atomic E-state index is 10.9. The van der Waals surface area contributed by atoms with E-state index in [1.807, 2.05) is 6.07 Å². The highest BCUT2D eigenvalue weighted by Gasteiger charge is 2.18. The summed E-state index contributed by atoms with van der Waals surface area (Å²) in [5.41, 5.74) is 1.15. The molecule has 0 aliphatic heterocycles. The van der Waals surface area contributed by atoms with Gasteiger partial charge in [0.25, 0.3) is 0 Å². The molecule has 1 aromatic rings. The third-order valence-electron chi connectivity index (χ3n) is 3.67. The number of hydrogen-bond donors (Lipinski definition) is 1. The Morgan fingerprint density at radius 3 is 2.83 bits per heavy atom. The van der Waals surface area contributed by atoms with Crippen LogP contribution in [0, 0.1) is 0 Å². The van der Waals surface area contributed by atoms with E-state index in [0.717, 1.165) is 12.1 Å².